The van der Waals surface area contributed by atoms with Gasteiger partial charge in [0.25, 0.3) is 6.43 Å². The van der Waals surface area contributed by atoms with E-state index in [0.29, 0.717) is 0 Å². The zero-order valence-electron chi connectivity index (χ0n) is 7.86. The summed E-state index contributed by atoms with van der Waals surface area (Å²) in [5.74, 6) is -3.58. The standard InChI is InChI=1S/C8H4ClF6NO/c9-2-5-6(17-8(13,14)15)3(10)1-4(16-5)7(11)12/h1,7H,2H2. The minimum absolute atomic E-state index is 0.168. The molecule has 0 bridgehead atoms. The van der Waals surface area contributed by atoms with Gasteiger partial charge in [0.15, 0.2) is 11.6 Å². The predicted octanol–water partition coefficient (Wildman–Crippen LogP) is 3.80. The Labute approximate surface area is 96.2 Å². The van der Waals surface area contributed by atoms with E-state index >= 15 is 0 Å². The van der Waals surface area contributed by atoms with Crippen molar-refractivity contribution in [3.63, 3.8) is 0 Å². The Bertz CT molecular complexity index is 408. The SMILES string of the molecule is Fc1cc(C(F)F)nc(CCl)c1OC(F)(F)F. The fourth-order valence-corrected chi connectivity index (χ4v) is 1.18. The van der Waals surface area contributed by atoms with Crippen LogP contribution >= 0.6 is 11.6 Å². The molecule has 17 heavy (non-hydrogen) atoms. The maximum absolute atomic E-state index is 13.1. The number of hydrogen-bond acceptors (Lipinski definition) is 2. The van der Waals surface area contributed by atoms with Crippen LogP contribution in [0.4, 0.5) is 26.3 Å². The van der Waals surface area contributed by atoms with E-state index in [4.69, 9.17) is 11.6 Å². The average Bonchev–Trinajstić information content (AvgIpc) is 2.18. The van der Waals surface area contributed by atoms with Gasteiger partial charge < -0.3 is 4.74 Å². The van der Waals surface area contributed by atoms with Crippen LogP contribution in [-0.4, -0.2) is 11.3 Å². The molecule has 0 unspecified atom stereocenters. The van der Waals surface area contributed by atoms with E-state index in [-0.39, 0.29) is 6.07 Å². The highest BCUT2D eigenvalue weighted by molar-refractivity contribution is 6.17. The Hall–Kier alpha value is -1.18. The second-order valence-electron chi connectivity index (χ2n) is 2.79. The van der Waals surface area contributed by atoms with Crippen molar-refractivity contribution < 1.29 is 31.1 Å². The number of pyridine rings is 1. The van der Waals surface area contributed by atoms with E-state index in [0.717, 1.165) is 0 Å². The maximum Gasteiger partial charge on any atom is 0.573 e. The molecule has 2 nitrogen and oxygen atoms in total. The molecule has 0 aliphatic carbocycles. The number of nitrogens with zero attached hydrogens (tertiary/aromatic N) is 1. The molecule has 0 aliphatic rings. The fraction of sp³-hybridized carbons (Fsp3) is 0.375. The molecule has 0 N–H and O–H groups in total. The van der Waals surface area contributed by atoms with E-state index in [1.807, 2.05) is 0 Å². The highest BCUT2D eigenvalue weighted by atomic mass is 35.5. The summed E-state index contributed by atoms with van der Waals surface area (Å²) in [6.07, 6.45) is -8.28. The Balaban J connectivity index is 3.21. The molecule has 1 aromatic heterocycles. The Morgan fingerprint density at radius 3 is 2.35 bits per heavy atom. The van der Waals surface area contributed by atoms with Crippen molar-refractivity contribution in [2.45, 2.75) is 18.7 Å². The van der Waals surface area contributed by atoms with Crippen LogP contribution < -0.4 is 4.74 Å². The summed E-state index contributed by atoms with van der Waals surface area (Å²) in [7, 11) is 0. The van der Waals surface area contributed by atoms with Crippen molar-refractivity contribution >= 4 is 11.6 Å². The maximum atomic E-state index is 13.1. The summed E-state index contributed by atoms with van der Waals surface area (Å²) in [4.78, 5) is 3.09. The van der Waals surface area contributed by atoms with Crippen molar-refractivity contribution in [2.24, 2.45) is 0 Å². The van der Waals surface area contributed by atoms with Crippen molar-refractivity contribution in [3.8, 4) is 5.75 Å². The Morgan fingerprint density at radius 2 is 1.94 bits per heavy atom. The van der Waals surface area contributed by atoms with Gasteiger partial charge in [0, 0.05) is 6.07 Å². The van der Waals surface area contributed by atoms with Gasteiger partial charge in [-0.15, -0.1) is 24.8 Å². The predicted molar refractivity (Wildman–Crippen MR) is 45.4 cm³/mol. The molecular formula is C8H4ClF6NO. The van der Waals surface area contributed by atoms with E-state index in [1.54, 1.807) is 0 Å². The third-order valence-corrected chi connectivity index (χ3v) is 1.84. The molecule has 1 rings (SSSR count). The smallest absolute Gasteiger partial charge is 0.401 e. The molecule has 0 aromatic carbocycles. The van der Waals surface area contributed by atoms with E-state index in [2.05, 4.69) is 9.72 Å². The van der Waals surface area contributed by atoms with Crippen LogP contribution in [0.15, 0.2) is 6.07 Å². The number of halogens is 7. The molecule has 0 amide bonds. The molecule has 0 radical (unpaired) electrons. The zero-order chi connectivity index (χ0) is 13.2. The van der Waals surface area contributed by atoms with Crippen LogP contribution in [0.5, 0.6) is 5.75 Å². The summed E-state index contributed by atoms with van der Waals surface area (Å²) >= 11 is 5.19. The van der Waals surface area contributed by atoms with Crippen LogP contribution in [0.2, 0.25) is 0 Å². The summed E-state index contributed by atoms with van der Waals surface area (Å²) in [6.45, 7) is 0. The molecule has 96 valence electrons. The normalized spacial score (nSPS) is 12.0. The molecule has 9 heteroatoms. The zero-order valence-corrected chi connectivity index (χ0v) is 8.62. The van der Waals surface area contributed by atoms with E-state index in [9.17, 15) is 26.3 Å². The van der Waals surface area contributed by atoms with Crippen molar-refractivity contribution in [2.75, 3.05) is 0 Å². The highest BCUT2D eigenvalue weighted by Gasteiger charge is 2.34. The van der Waals surface area contributed by atoms with Gasteiger partial charge in [0.1, 0.15) is 11.4 Å². The van der Waals surface area contributed by atoms with Gasteiger partial charge in [0.2, 0.25) is 0 Å². The molecule has 0 saturated heterocycles. The van der Waals surface area contributed by atoms with Gasteiger partial charge in [-0.25, -0.2) is 18.2 Å². The first-order valence-electron chi connectivity index (χ1n) is 4.03. The number of aromatic nitrogens is 1. The van der Waals surface area contributed by atoms with E-state index < -0.39 is 41.6 Å². The van der Waals surface area contributed by atoms with Crippen LogP contribution in [-0.2, 0) is 5.88 Å². The number of alkyl halides is 6. The first-order valence-corrected chi connectivity index (χ1v) is 4.57. The molecule has 0 saturated carbocycles. The first kappa shape index (κ1) is 13.9. The molecular weight excluding hydrogens is 276 g/mol. The molecule has 0 spiro atoms. The third kappa shape index (κ3) is 3.65. The topological polar surface area (TPSA) is 22.1 Å². The van der Waals surface area contributed by atoms with E-state index in [1.165, 1.54) is 0 Å². The van der Waals surface area contributed by atoms with Gasteiger partial charge in [-0.3, -0.25) is 0 Å². The lowest BCUT2D eigenvalue weighted by atomic mass is 10.3. The highest BCUT2D eigenvalue weighted by Crippen LogP contribution is 2.31. The lowest BCUT2D eigenvalue weighted by Crippen LogP contribution is -2.19. The van der Waals surface area contributed by atoms with Crippen molar-refractivity contribution in [1.29, 1.82) is 0 Å². The third-order valence-electron chi connectivity index (χ3n) is 1.59. The minimum atomic E-state index is -5.16. The Morgan fingerprint density at radius 1 is 1.35 bits per heavy atom. The van der Waals surface area contributed by atoms with Gasteiger partial charge in [-0.05, 0) is 0 Å². The van der Waals surface area contributed by atoms with Crippen LogP contribution in [0.1, 0.15) is 17.8 Å². The number of ether oxygens (including phenoxy) is 1. The van der Waals surface area contributed by atoms with Crippen molar-refractivity contribution in [1.82, 2.24) is 4.98 Å². The van der Waals surface area contributed by atoms with Gasteiger partial charge >= 0.3 is 6.36 Å². The summed E-state index contributed by atoms with van der Waals surface area (Å²) in [6, 6.07) is 0.168. The molecule has 1 aromatic rings. The van der Waals surface area contributed by atoms with Gasteiger partial charge in [0.05, 0.1) is 5.88 Å². The second-order valence-corrected chi connectivity index (χ2v) is 3.05. The van der Waals surface area contributed by atoms with Crippen LogP contribution in [0.25, 0.3) is 0 Å². The largest absolute Gasteiger partial charge is 0.573 e. The van der Waals surface area contributed by atoms with Crippen LogP contribution in [0, 0.1) is 5.82 Å². The summed E-state index contributed by atoms with van der Waals surface area (Å²) < 4.78 is 76.5. The van der Waals surface area contributed by atoms with Gasteiger partial charge in [-0.2, -0.15) is 0 Å². The first-order chi connectivity index (χ1) is 7.74. The number of rotatable bonds is 3. The average molecular weight is 280 g/mol. The lowest BCUT2D eigenvalue weighted by molar-refractivity contribution is -0.276. The van der Waals surface area contributed by atoms with Crippen LogP contribution in [0.3, 0.4) is 0 Å². The number of hydrogen-bond donors (Lipinski definition) is 0. The Kier molecular flexibility index (Phi) is 4.07. The summed E-state index contributed by atoms with van der Waals surface area (Å²) in [5, 5.41) is 0. The molecule has 0 fully saturated rings. The fourth-order valence-electron chi connectivity index (χ4n) is 0.998. The lowest BCUT2D eigenvalue weighted by Gasteiger charge is -2.13. The second kappa shape index (κ2) is 4.99. The monoisotopic (exact) mass is 279 g/mol. The summed E-state index contributed by atoms with van der Waals surface area (Å²) in [5.41, 5.74) is -1.74. The molecule has 1 heterocycles. The van der Waals surface area contributed by atoms with Crippen molar-refractivity contribution in [3.05, 3.63) is 23.3 Å². The molecule has 0 atom stereocenters. The quantitative estimate of drug-likeness (QED) is 0.620. The van der Waals surface area contributed by atoms with Gasteiger partial charge in [-0.1, -0.05) is 0 Å². The minimum Gasteiger partial charge on any atom is -0.401 e. The molecule has 0 aliphatic heterocycles.